The molecule has 2 aromatic rings. The molecule has 0 bridgehead atoms. The van der Waals surface area contributed by atoms with Crippen molar-refractivity contribution in [1.29, 1.82) is 0 Å². The number of aryl methyl sites for hydroxylation is 1. The first kappa shape index (κ1) is 15.5. The normalized spacial score (nSPS) is 20.7. The number of pyridine rings is 1. The number of hydrogen-bond donors (Lipinski definition) is 0. The van der Waals surface area contributed by atoms with Gasteiger partial charge in [0.15, 0.2) is 5.65 Å². The van der Waals surface area contributed by atoms with E-state index in [1.807, 2.05) is 6.07 Å². The molecule has 2 unspecified atom stereocenters. The molecule has 3 rings (SSSR count). The molecule has 1 aliphatic carbocycles. The van der Waals surface area contributed by atoms with Gasteiger partial charge < -0.3 is 4.74 Å². The molecule has 2 aromatic heterocycles. The van der Waals surface area contributed by atoms with Gasteiger partial charge in [-0.15, -0.1) is 5.10 Å². The van der Waals surface area contributed by atoms with Crippen LogP contribution in [-0.2, 0) is 16.1 Å². The Kier molecular flexibility index (Phi) is 4.60. The minimum absolute atomic E-state index is 0.154. The van der Waals surface area contributed by atoms with E-state index in [1.165, 1.54) is 9.08 Å². The van der Waals surface area contributed by atoms with Crippen LogP contribution in [-0.4, -0.2) is 26.8 Å². The van der Waals surface area contributed by atoms with Crippen molar-refractivity contribution in [2.24, 2.45) is 11.8 Å². The Morgan fingerprint density at radius 2 is 2.17 bits per heavy atom. The average Bonchev–Trinajstić information content (AvgIpc) is 2.89. The summed E-state index contributed by atoms with van der Waals surface area (Å²) in [5, 5.41) is 4.20. The predicted molar refractivity (Wildman–Crippen MR) is 86.1 cm³/mol. The van der Waals surface area contributed by atoms with Crippen molar-refractivity contribution in [2.45, 2.75) is 32.7 Å². The molecule has 0 radical (unpaired) electrons. The summed E-state index contributed by atoms with van der Waals surface area (Å²) in [6.07, 6.45) is 8.14. The first-order valence-electron chi connectivity index (χ1n) is 8.00. The van der Waals surface area contributed by atoms with Gasteiger partial charge in [-0.05, 0) is 36.8 Å². The van der Waals surface area contributed by atoms with Crippen molar-refractivity contribution in [2.75, 3.05) is 6.61 Å². The smallest absolute Gasteiger partial charge is 0.350 e. The van der Waals surface area contributed by atoms with Crippen LogP contribution < -0.4 is 5.69 Å². The third-order valence-electron chi connectivity index (χ3n) is 4.39. The summed E-state index contributed by atoms with van der Waals surface area (Å²) in [7, 11) is 0. The molecule has 0 aliphatic heterocycles. The number of hydrogen-bond acceptors (Lipinski definition) is 4. The Morgan fingerprint density at radius 1 is 1.35 bits per heavy atom. The fourth-order valence-electron chi connectivity index (χ4n) is 2.82. The molecular weight excluding hydrogens is 294 g/mol. The number of rotatable bonds is 5. The van der Waals surface area contributed by atoms with Crippen molar-refractivity contribution in [3.63, 3.8) is 0 Å². The number of esters is 1. The number of allylic oxidation sites excluding steroid dienone is 2. The Balaban J connectivity index is 1.53. The van der Waals surface area contributed by atoms with E-state index in [1.54, 1.807) is 18.3 Å². The highest BCUT2D eigenvalue weighted by Crippen LogP contribution is 2.25. The molecule has 0 amide bonds. The summed E-state index contributed by atoms with van der Waals surface area (Å²) >= 11 is 0. The van der Waals surface area contributed by atoms with Crippen LogP contribution in [0.4, 0.5) is 0 Å². The monoisotopic (exact) mass is 315 g/mol. The zero-order valence-corrected chi connectivity index (χ0v) is 13.2. The first-order chi connectivity index (χ1) is 11.1. The molecule has 0 N–H and O–H groups in total. The third kappa shape index (κ3) is 3.52. The lowest BCUT2D eigenvalue weighted by molar-refractivity contribution is -0.145. The highest BCUT2D eigenvalue weighted by atomic mass is 16.5. The summed E-state index contributed by atoms with van der Waals surface area (Å²) in [5.74, 6) is 0.645. The van der Waals surface area contributed by atoms with Gasteiger partial charge in [0.25, 0.3) is 0 Å². The van der Waals surface area contributed by atoms with Crippen molar-refractivity contribution in [3.8, 4) is 0 Å². The molecule has 6 heteroatoms. The number of fused-ring (bicyclic) bond motifs is 1. The summed E-state index contributed by atoms with van der Waals surface area (Å²) in [4.78, 5) is 24.0. The SMILES string of the molecule is CC1CC=CCC1COC(=O)CCn1nc2ccccn2c1=O. The molecule has 122 valence electrons. The molecular formula is C17H21N3O3. The molecule has 23 heavy (non-hydrogen) atoms. The number of carbonyl (C=O) groups is 1. The maximum absolute atomic E-state index is 12.1. The van der Waals surface area contributed by atoms with Crippen LogP contribution >= 0.6 is 0 Å². The van der Waals surface area contributed by atoms with Gasteiger partial charge in [0.1, 0.15) is 0 Å². The van der Waals surface area contributed by atoms with Crippen LogP contribution in [0.15, 0.2) is 41.3 Å². The van der Waals surface area contributed by atoms with Crippen LogP contribution in [0.2, 0.25) is 0 Å². The molecule has 0 fully saturated rings. The maximum atomic E-state index is 12.1. The second kappa shape index (κ2) is 6.81. The van der Waals surface area contributed by atoms with E-state index in [9.17, 15) is 9.59 Å². The van der Waals surface area contributed by atoms with Gasteiger partial charge in [0, 0.05) is 6.20 Å². The summed E-state index contributed by atoms with van der Waals surface area (Å²) in [5.41, 5.74) is 0.341. The van der Waals surface area contributed by atoms with Gasteiger partial charge >= 0.3 is 11.7 Å². The van der Waals surface area contributed by atoms with E-state index in [0.717, 1.165) is 12.8 Å². The van der Waals surface area contributed by atoms with E-state index in [4.69, 9.17) is 4.74 Å². The van der Waals surface area contributed by atoms with Crippen molar-refractivity contribution in [1.82, 2.24) is 14.2 Å². The van der Waals surface area contributed by atoms with Gasteiger partial charge in [-0.1, -0.05) is 25.1 Å². The topological polar surface area (TPSA) is 65.6 Å². The number of aromatic nitrogens is 3. The summed E-state index contributed by atoms with van der Waals surface area (Å²) in [6.45, 7) is 2.86. The third-order valence-corrected chi connectivity index (χ3v) is 4.39. The number of nitrogens with zero attached hydrogens (tertiary/aromatic N) is 3. The fraction of sp³-hybridized carbons (Fsp3) is 0.471. The zero-order chi connectivity index (χ0) is 16.2. The lowest BCUT2D eigenvalue weighted by Crippen LogP contribution is -2.24. The highest BCUT2D eigenvalue weighted by Gasteiger charge is 2.20. The average molecular weight is 315 g/mol. The molecule has 0 saturated heterocycles. The lowest BCUT2D eigenvalue weighted by Gasteiger charge is -2.24. The summed E-state index contributed by atoms with van der Waals surface area (Å²) in [6, 6.07) is 5.35. The van der Waals surface area contributed by atoms with Gasteiger partial charge in [-0.3, -0.25) is 9.20 Å². The Hall–Kier alpha value is -2.37. The van der Waals surface area contributed by atoms with E-state index in [2.05, 4.69) is 24.2 Å². The lowest BCUT2D eigenvalue weighted by atomic mass is 9.85. The molecule has 0 spiro atoms. The molecule has 2 atom stereocenters. The fourth-order valence-corrected chi connectivity index (χ4v) is 2.82. The predicted octanol–water partition coefficient (Wildman–Crippen LogP) is 2.03. The zero-order valence-electron chi connectivity index (χ0n) is 13.2. The standard InChI is InChI=1S/C17H21N3O3/c1-13-6-2-3-7-14(13)12-23-16(21)9-11-20-17(22)19-10-5-4-8-15(19)18-20/h2-5,8,10,13-14H,6-7,9,11-12H2,1H3. The van der Waals surface area contributed by atoms with Gasteiger partial charge in [-0.25, -0.2) is 9.48 Å². The Bertz CT molecular complexity index is 775. The second-order valence-electron chi connectivity index (χ2n) is 6.05. The Morgan fingerprint density at radius 3 is 2.96 bits per heavy atom. The quantitative estimate of drug-likeness (QED) is 0.625. The summed E-state index contributed by atoms with van der Waals surface area (Å²) < 4.78 is 8.13. The van der Waals surface area contributed by atoms with Crippen LogP contribution in [0.3, 0.4) is 0 Å². The van der Waals surface area contributed by atoms with E-state index in [0.29, 0.717) is 24.1 Å². The molecule has 1 aliphatic rings. The number of ether oxygens (including phenoxy) is 1. The van der Waals surface area contributed by atoms with E-state index < -0.39 is 0 Å². The van der Waals surface area contributed by atoms with Gasteiger partial charge in [-0.2, -0.15) is 0 Å². The van der Waals surface area contributed by atoms with Crippen LogP contribution in [0.1, 0.15) is 26.2 Å². The van der Waals surface area contributed by atoms with E-state index >= 15 is 0 Å². The van der Waals surface area contributed by atoms with Crippen molar-refractivity contribution >= 4 is 11.6 Å². The number of carbonyl (C=O) groups excluding carboxylic acids is 1. The maximum Gasteiger partial charge on any atom is 0.350 e. The van der Waals surface area contributed by atoms with Crippen molar-refractivity contribution in [3.05, 3.63) is 47.0 Å². The first-order valence-corrected chi connectivity index (χ1v) is 8.00. The van der Waals surface area contributed by atoms with Crippen LogP contribution in [0.25, 0.3) is 5.65 Å². The highest BCUT2D eigenvalue weighted by molar-refractivity contribution is 5.69. The molecule has 0 aromatic carbocycles. The molecule has 6 nitrogen and oxygen atoms in total. The minimum Gasteiger partial charge on any atom is -0.465 e. The molecule has 2 heterocycles. The molecule has 0 saturated carbocycles. The van der Waals surface area contributed by atoms with Gasteiger partial charge in [0.05, 0.1) is 19.6 Å². The second-order valence-corrected chi connectivity index (χ2v) is 6.05. The minimum atomic E-state index is -0.282. The van der Waals surface area contributed by atoms with Crippen molar-refractivity contribution < 1.29 is 9.53 Å². The van der Waals surface area contributed by atoms with Crippen LogP contribution in [0.5, 0.6) is 0 Å². The van der Waals surface area contributed by atoms with Gasteiger partial charge in [0.2, 0.25) is 0 Å². The van der Waals surface area contributed by atoms with E-state index in [-0.39, 0.29) is 24.6 Å². The van der Waals surface area contributed by atoms with Crippen LogP contribution in [0, 0.1) is 11.8 Å². The largest absolute Gasteiger partial charge is 0.465 e. The Labute approximate surface area is 134 Å².